The highest BCUT2D eigenvalue weighted by atomic mass is 16.5. The van der Waals surface area contributed by atoms with Gasteiger partial charge >= 0.3 is 5.97 Å². The number of esters is 1. The highest BCUT2D eigenvalue weighted by Crippen LogP contribution is 2.46. The number of aliphatic hydroxyl groups excluding tert-OH is 4. The molecular weight excluding hydrogens is 1010 g/mol. The number of ketones is 1. The topological polar surface area (TPSA) is 273 Å². The van der Waals surface area contributed by atoms with Gasteiger partial charge in [0.1, 0.15) is 41.5 Å². The van der Waals surface area contributed by atoms with E-state index >= 15 is 0 Å². The number of aliphatic hydroxyl groups is 4. The summed E-state index contributed by atoms with van der Waals surface area (Å²) in [6.07, 6.45) is 9.22. The van der Waals surface area contributed by atoms with Crippen molar-refractivity contribution in [3.63, 3.8) is 0 Å². The summed E-state index contributed by atoms with van der Waals surface area (Å²) >= 11 is 0. The van der Waals surface area contributed by atoms with E-state index in [2.05, 4.69) is 28.3 Å². The number of hydrogen-bond acceptors (Lipinski definition) is 14. The maximum atomic E-state index is 14.6. The van der Waals surface area contributed by atoms with Crippen molar-refractivity contribution in [3.8, 4) is 5.75 Å². The van der Waals surface area contributed by atoms with E-state index < -0.39 is 102 Å². The summed E-state index contributed by atoms with van der Waals surface area (Å²) in [7, 11) is 0. The Hall–Kier alpha value is -5.24. The van der Waals surface area contributed by atoms with Gasteiger partial charge in [-0.05, 0) is 101 Å². The van der Waals surface area contributed by atoms with Gasteiger partial charge in [0.2, 0.25) is 17.7 Å². The third-order valence-electron chi connectivity index (χ3n) is 17.1. The second kappa shape index (κ2) is 29.5. The smallest absolute Gasteiger partial charge is 0.325 e. The number of Topliss-reactive ketones (excluding diaryl/α,β-unsaturated/α-hetero) is 1. The first-order chi connectivity index (χ1) is 37.3. The number of fused-ring (bicyclic) bond motifs is 2. The number of allylic oxidation sites excluding steroid dienone is 5. The molecule has 18 nitrogen and oxygen atoms in total. The minimum Gasteiger partial charge on any atom is -0.508 e. The predicted molar refractivity (Wildman–Crippen MR) is 300 cm³/mol. The van der Waals surface area contributed by atoms with Gasteiger partial charge in [-0.2, -0.15) is 0 Å². The highest BCUT2D eigenvalue weighted by Gasteiger charge is 2.57. The Kier molecular flexibility index (Phi) is 24.1. The van der Waals surface area contributed by atoms with Gasteiger partial charge in [-0.25, -0.2) is 5.43 Å². The largest absolute Gasteiger partial charge is 0.508 e. The second-order valence-electron chi connectivity index (χ2n) is 23.7. The molecule has 5 rings (SSSR count). The Morgan fingerprint density at radius 1 is 0.962 bits per heavy atom. The number of carbonyl (C=O) groups excluding carboxylic acids is 6. The number of hydrazine groups is 1. The second-order valence-corrected chi connectivity index (χ2v) is 23.7. The number of cyclic esters (lactones) is 1. The average Bonchev–Trinajstić information content (AvgIpc) is 3.58. The summed E-state index contributed by atoms with van der Waals surface area (Å²) in [5.74, 6) is -6.34. The lowest BCUT2D eigenvalue weighted by atomic mass is 9.69. The van der Waals surface area contributed by atoms with E-state index in [9.17, 15) is 54.3 Å². The number of phenols is 1. The Labute approximate surface area is 468 Å². The zero-order valence-corrected chi connectivity index (χ0v) is 48.5. The molecule has 3 saturated heterocycles. The van der Waals surface area contributed by atoms with Crippen LogP contribution in [0.15, 0.2) is 71.9 Å². The average molecular weight is 1100 g/mol. The number of piperidine rings is 1. The number of phenolic OH excluding ortho intramolecular Hbond substituents is 1. The van der Waals surface area contributed by atoms with E-state index in [0.717, 1.165) is 6.42 Å². The molecule has 17 atom stereocenters. The van der Waals surface area contributed by atoms with Gasteiger partial charge in [-0.1, -0.05) is 110 Å². The number of ether oxygens (including phenoxy) is 2. The molecule has 1 spiro atoms. The normalized spacial score (nSPS) is 35.0. The Morgan fingerprint density at radius 2 is 1.68 bits per heavy atom. The van der Waals surface area contributed by atoms with Crippen LogP contribution in [-0.4, -0.2) is 133 Å². The molecule has 18 heteroatoms. The van der Waals surface area contributed by atoms with Crippen molar-refractivity contribution >= 4 is 35.4 Å². The lowest BCUT2D eigenvalue weighted by Crippen LogP contribution is -2.71. The van der Waals surface area contributed by atoms with Crippen molar-refractivity contribution < 1.29 is 63.8 Å². The lowest BCUT2D eigenvalue weighted by Gasteiger charge is -2.56. The number of nitrogens with one attached hydrogen (secondary N) is 4. The Balaban J connectivity index is 1.37. The molecule has 2 bridgehead atoms. The van der Waals surface area contributed by atoms with Gasteiger partial charge in [0.25, 0.3) is 5.91 Å². The van der Waals surface area contributed by atoms with Crippen LogP contribution in [0.4, 0.5) is 0 Å². The molecule has 79 heavy (non-hydrogen) atoms. The van der Waals surface area contributed by atoms with Crippen LogP contribution in [0.1, 0.15) is 146 Å². The van der Waals surface area contributed by atoms with Crippen LogP contribution in [0.5, 0.6) is 5.75 Å². The number of nitrogens with zero attached hydrogens (tertiary/aromatic N) is 1. The number of hydrogen-bond donors (Lipinski definition) is 9. The van der Waals surface area contributed by atoms with Gasteiger partial charge in [-0.3, -0.25) is 29.0 Å². The maximum absolute atomic E-state index is 14.6. The molecule has 0 radical (unpaired) electrons. The summed E-state index contributed by atoms with van der Waals surface area (Å²) in [5.41, 5.74) is 3.90. The molecule has 0 saturated carbocycles. The van der Waals surface area contributed by atoms with Crippen molar-refractivity contribution in [2.75, 3.05) is 6.54 Å². The van der Waals surface area contributed by atoms with Crippen LogP contribution >= 0.6 is 0 Å². The Bertz CT molecular complexity index is 2390. The van der Waals surface area contributed by atoms with Crippen molar-refractivity contribution in [2.24, 2.45) is 47.3 Å². The summed E-state index contributed by atoms with van der Waals surface area (Å²) in [5, 5.41) is 66.4. The monoisotopic (exact) mass is 1100 g/mol. The molecule has 1 aromatic rings. The number of carbonyl (C=O) groups is 6. The van der Waals surface area contributed by atoms with Crippen LogP contribution < -0.4 is 21.4 Å². The standard InChI is InChI=1S/C61H93N5O13/c1-12-44-30-38(7)61(64-56(44)73)42(11)54(71)41(10)52(79-61)33-49(69)36(5)20-14-13-15-21-37(6)51-25-16-19-35(4)29-50(70)40(9)55(72)46(27-26-39(8)67)57(74)63-53(34(2)3)58(75)62-48(32-43-22-17-23-45(68)31-43)59(76)66-28-18-24-47(65-66)60(77)78-51/h13,15-17,19,21-23,29,31,34,36,38,40-42,44,46-55,65,68-72H,12,14,18,20,24-28,30,32-33H2,1-11H3,(H,62,75)(H,63,74)(H,64,73)/b15-13+,19-16+,35-29+,37-21+/t36-,38?,40-,41-,42-,44-,46+,47?,48-,49-,50-,51?,52?,53-,54-,55+,61?/m0/s1. The quantitative estimate of drug-likeness (QED) is 0.0743. The number of amides is 4. The molecule has 5 unspecified atom stereocenters. The van der Waals surface area contributed by atoms with Crippen LogP contribution in [0.25, 0.3) is 0 Å². The minimum absolute atomic E-state index is 0.0262. The molecule has 1 aromatic carbocycles. The summed E-state index contributed by atoms with van der Waals surface area (Å²) in [4.78, 5) is 82.4. The van der Waals surface area contributed by atoms with Gasteiger partial charge in [0, 0.05) is 61.8 Å². The zero-order valence-electron chi connectivity index (χ0n) is 48.5. The molecule has 440 valence electrons. The first-order valence-corrected chi connectivity index (χ1v) is 28.8. The van der Waals surface area contributed by atoms with Gasteiger partial charge < -0.3 is 55.8 Å². The van der Waals surface area contributed by atoms with E-state index in [1.165, 1.54) is 24.1 Å². The number of aromatic hydroxyl groups is 1. The predicted octanol–water partition coefficient (Wildman–Crippen LogP) is 5.80. The number of benzene rings is 1. The highest BCUT2D eigenvalue weighted by molar-refractivity contribution is 5.93. The minimum atomic E-state index is -1.44. The van der Waals surface area contributed by atoms with E-state index in [4.69, 9.17) is 9.47 Å². The van der Waals surface area contributed by atoms with E-state index in [0.29, 0.717) is 55.2 Å². The molecular formula is C61H93N5O13. The van der Waals surface area contributed by atoms with Crippen molar-refractivity contribution in [1.82, 2.24) is 26.4 Å². The fourth-order valence-corrected chi connectivity index (χ4v) is 11.6. The van der Waals surface area contributed by atoms with Crippen LogP contribution in [0.2, 0.25) is 0 Å². The molecule has 9 N–H and O–H groups in total. The number of rotatable bonds is 15. The third kappa shape index (κ3) is 17.1. The lowest BCUT2D eigenvalue weighted by molar-refractivity contribution is -0.267. The van der Waals surface area contributed by atoms with Crippen molar-refractivity contribution in [1.29, 1.82) is 0 Å². The van der Waals surface area contributed by atoms with Gasteiger partial charge in [0.05, 0.1) is 36.4 Å². The van der Waals surface area contributed by atoms with Crippen LogP contribution in [0, 0.1) is 47.3 Å². The summed E-state index contributed by atoms with van der Waals surface area (Å²) in [6.45, 7) is 20.1. The summed E-state index contributed by atoms with van der Waals surface area (Å²) < 4.78 is 13.0. The van der Waals surface area contributed by atoms with Crippen LogP contribution in [0.3, 0.4) is 0 Å². The molecule has 4 aliphatic rings. The molecule has 4 amide bonds. The molecule has 3 fully saturated rings. The van der Waals surface area contributed by atoms with E-state index in [1.54, 1.807) is 52.0 Å². The van der Waals surface area contributed by atoms with Crippen LogP contribution in [-0.2, 0) is 44.7 Å². The first-order valence-electron chi connectivity index (χ1n) is 28.8. The third-order valence-corrected chi connectivity index (χ3v) is 17.1. The van der Waals surface area contributed by atoms with E-state index in [-0.39, 0.29) is 79.3 Å². The SMILES string of the molecule is CC[C@H]1CC(C)C2(NC1=O)OC(C[C@H](O)[C@@H](C)CC/C=C/C=C(\C)C1C/C=C/C(C)=C/[C@H](O)[C@H](C)[C@@H](O)[C@@H](CCC(C)=O)C(=O)N[C@@H](C(C)C)C(=O)N[C@@H](Cc3cccc(O)c3)C(=O)N3CCCC(N3)C(=O)O1)[C@H](C)[C@H](O)[C@@H]2C. The summed E-state index contributed by atoms with van der Waals surface area (Å²) in [6, 6.07) is 2.90. The van der Waals surface area contributed by atoms with Gasteiger partial charge in [0.15, 0.2) is 0 Å². The molecule has 4 aliphatic heterocycles. The maximum Gasteiger partial charge on any atom is 0.325 e. The fourth-order valence-electron chi connectivity index (χ4n) is 11.6. The zero-order chi connectivity index (χ0) is 58.5. The van der Waals surface area contributed by atoms with E-state index in [1.807, 2.05) is 58.9 Å². The first kappa shape index (κ1) is 64.6. The van der Waals surface area contributed by atoms with Crippen molar-refractivity contribution in [3.05, 3.63) is 77.4 Å². The molecule has 0 aliphatic carbocycles. The Morgan fingerprint density at radius 3 is 2.35 bits per heavy atom. The van der Waals surface area contributed by atoms with Crippen molar-refractivity contribution in [2.45, 2.75) is 207 Å². The fraction of sp³-hybridized carbons (Fsp3) is 0.672. The molecule has 0 aromatic heterocycles. The molecule has 4 heterocycles. The van der Waals surface area contributed by atoms with Gasteiger partial charge in [-0.15, -0.1) is 0 Å².